The summed E-state index contributed by atoms with van der Waals surface area (Å²) in [5, 5.41) is 0. The van der Waals surface area contributed by atoms with E-state index in [0.717, 1.165) is 59.4 Å². The predicted octanol–water partition coefficient (Wildman–Crippen LogP) is 4.31. The summed E-state index contributed by atoms with van der Waals surface area (Å²) in [6.45, 7) is 2.11. The molecule has 0 aliphatic heterocycles. The highest BCUT2D eigenvalue weighted by molar-refractivity contribution is 5.78. The maximum absolute atomic E-state index is 4.71. The second-order valence-corrected chi connectivity index (χ2v) is 6.06. The van der Waals surface area contributed by atoms with Crippen molar-refractivity contribution in [1.82, 2.24) is 19.9 Å². The first kappa shape index (κ1) is 14.0. The zero-order valence-corrected chi connectivity index (χ0v) is 13.3. The van der Waals surface area contributed by atoms with Gasteiger partial charge in [-0.25, -0.2) is 9.97 Å². The van der Waals surface area contributed by atoms with E-state index in [2.05, 4.69) is 46.1 Å². The molecule has 4 heteroatoms. The standard InChI is InChI=1S/C19H20N4/c1-13-7-6-10-16-19(13)23-18(22-16)12-5-4-11-17-20-14-8-2-3-9-15(14)21-17/h2-3,6-10H,4-5,11-12H2,1H3,(H,20,21)(H,22,23). The molecule has 0 atom stereocenters. The first-order chi connectivity index (χ1) is 11.3. The maximum atomic E-state index is 4.71. The number of rotatable bonds is 5. The summed E-state index contributed by atoms with van der Waals surface area (Å²) in [6.07, 6.45) is 4.17. The molecule has 2 heterocycles. The van der Waals surface area contributed by atoms with Gasteiger partial charge in [0.1, 0.15) is 11.6 Å². The molecule has 0 unspecified atom stereocenters. The SMILES string of the molecule is Cc1cccc2[nH]c(CCCCc3nc4ccccc4[nH]3)nc12. The van der Waals surface area contributed by atoms with Crippen molar-refractivity contribution in [2.24, 2.45) is 0 Å². The van der Waals surface area contributed by atoms with Crippen LogP contribution in [-0.4, -0.2) is 19.9 Å². The van der Waals surface area contributed by atoms with E-state index < -0.39 is 0 Å². The number of hydrogen-bond donors (Lipinski definition) is 2. The van der Waals surface area contributed by atoms with Gasteiger partial charge in [-0.1, -0.05) is 24.3 Å². The smallest absolute Gasteiger partial charge is 0.107 e. The maximum Gasteiger partial charge on any atom is 0.107 e. The van der Waals surface area contributed by atoms with Crippen LogP contribution in [0.3, 0.4) is 0 Å². The summed E-state index contributed by atoms with van der Waals surface area (Å²) >= 11 is 0. The van der Waals surface area contributed by atoms with Gasteiger partial charge in [0.2, 0.25) is 0 Å². The van der Waals surface area contributed by atoms with E-state index >= 15 is 0 Å². The number of nitrogens with one attached hydrogen (secondary N) is 2. The largest absolute Gasteiger partial charge is 0.342 e. The summed E-state index contributed by atoms with van der Waals surface area (Å²) in [5.41, 5.74) is 5.63. The Hall–Kier alpha value is -2.62. The summed E-state index contributed by atoms with van der Waals surface area (Å²) in [4.78, 5) is 16.1. The third-order valence-electron chi connectivity index (χ3n) is 4.28. The first-order valence-electron chi connectivity index (χ1n) is 8.17. The molecule has 23 heavy (non-hydrogen) atoms. The molecule has 0 radical (unpaired) electrons. The Balaban J connectivity index is 1.36. The van der Waals surface area contributed by atoms with Gasteiger partial charge < -0.3 is 9.97 Å². The van der Waals surface area contributed by atoms with E-state index in [1.807, 2.05) is 18.2 Å². The number of para-hydroxylation sites is 3. The van der Waals surface area contributed by atoms with Crippen LogP contribution in [-0.2, 0) is 12.8 Å². The molecule has 2 aromatic heterocycles. The van der Waals surface area contributed by atoms with Gasteiger partial charge in [-0.2, -0.15) is 0 Å². The predicted molar refractivity (Wildman–Crippen MR) is 93.6 cm³/mol. The molecule has 4 nitrogen and oxygen atoms in total. The Morgan fingerprint density at radius 3 is 2.26 bits per heavy atom. The van der Waals surface area contributed by atoms with Gasteiger partial charge in [-0.05, 0) is 43.5 Å². The number of H-pyrrole nitrogens is 2. The lowest BCUT2D eigenvalue weighted by molar-refractivity contribution is 0.698. The van der Waals surface area contributed by atoms with Crippen molar-refractivity contribution in [2.75, 3.05) is 0 Å². The third kappa shape index (κ3) is 2.84. The topological polar surface area (TPSA) is 57.4 Å². The van der Waals surface area contributed by atoms with Gasteiger partial charge in [0.15, 0.2) is 0 Å². The number of unbranched alkanes of at least 4 members (excludes halogenated alkanes) is 1. The van der Waals surface area contributed by atoms with E-state index in [9.17, 15) is 0 Å². The molecule has 0 saturated carbocycles. The van der Waals surface area contributed by atoms with E-state index in [1.54, 1.807) is 0 Å². The summed E-state index contributed by atoms with van der Waals surface area (Å²) in [6, 6.07) is 14.4. The molecule has 0 spiro atoms. The minimum Gasteiger partial charge on any atom is -0.342 e. The molecule has 0 fully saturated rings. The van der Waals surface area contributed by atoms with Gasteiger partial charge in [0, 0.05) is 12.8 Å². The lowest BCUT2D eigenvalue weighted by atomic mass is 10.2. The number of aromatic amines is 2. The van der Waals surface area contributed by atoms with Crippen molar-refractivity contribution >= 4 is 22.1 Å². The number of benzene rings is 2. The molecule has 4 rings (SSSR count). The fourth-order valence-corrected chi connectivity index (χ4v) is 3.05. The van der Waals surface area contributed by atoms with Crippen molar-refractivity contribution in [1.29, 1.82) is 0 Å². The van der Waals surface area contributed by atoms with Gasteiger partial charge in [-0.3, -0.25) is 0 Å². The third-order valence-corrected chi connectivity index (χ3v) is 4.28. The highest BCUT2D eigenvalue weighted by atomic mass is 14.9. The quantitative estimate of drug-likeness (QED) is 0.540. The number of aryl methyl sites for hydroxylation is 3. The van der Waals surface area contributed by atoms with Crippen molar-refractivity contribution in [3.05, 3.63) is 59.7 Å². The van der Waals surface area contributed by atoms with Crippen LogP contribution in [0.1, 0.15) is 30.1 Å². The van der Waals surface area contributed by atoms with E-state index in [4.69, 9.17) is 4.98 Å². The minimum absolute atomic E-state index is 0.980. The molecule has 0 aliphatic rings. The molecule has 2 N–H and O–H groups in total. The number of aromatic nitrogens is 4. The number of hydrogen-bond acceptors (Lipinski definition) is 2. The Morgan fingerprint density at radius 2 is 1.48 bits per heavy atom. The lowest BCUT2D eigenvalue weighted by Gasteiger charge is -1.97. The van der Waals surface area contributed by atoms with Gasteiger partial charge in [0.25, 0.3) is 0 Å². The highest BCUT2D eigenvalue weighted by Crippen LogP contribution is 2.17. The number of fused-ring (bicyclic) bond motifs is 2. The molecule has 0 aliphatic carbocycles. The van der Waals surface area contributed by atoms with E-state index in [0.29, 0.717) is 0 Å². The molecular formula is C19H20N4. The minimum atomic E-state index is 0.980. The average molecular weight is 304 g/mol. The highest BCUT2D eigenvalue weighted by Gasteiger charge is 2.05. The van der Waals surface area contributed by atoms with Crippen molar-refractivity contribution in [2.45, 2.75) is 32.6 Å². The number of nitrogens with zero attached hydrogens (tertiary/aromatic N) is 2. The molecule has 0 amide bonds. The molecule has 2 aromatic carbocycles. The molecular weight excluding hydrogens is 284 g/mol. The van der Waals surface area contributed by atoms with Crippen LogP contribution in [0, 0.1) is 6.92 Å². The first-order valence-corrected chi connectivity index (χ1v) is 8.17. The fourth-order valence-electron chi connectivity index (χ4n) is 3.05. The van der Waals surface area contributed by atoms with Crippen LogP contribution < -0.4 is 0 Å². The monoisotopic (exact) mass is 304 g/mol. The Bertz CT molecular complexity index is 915. The van der Waals surface area contributed by atoms with Crippen LogP contribution in [0.15, 0.2) is 42.5 Å². The zero-order chi connectivity index (χ0) is 15.6. The Kier molecular flexibility index (Phi) is 3.58. The van der Waals surface area contributed by atoms with E-state index in [-0.39, 0.29) is 0 Å². The Labute approximate surface area is 135 Å². The Morgan fingerprint density at radius 1 is 0.783 bits per heavy atom. The number of imidazole rings is 2. The second kappa shape index (κ2) is 5.88. The normalized spacial score (nSPS) is 11.5. The molecule has 4 aromatic rings. The van der Waals surface area contributed by atoms with Crippen LogP contribution in [0.2, 0.25) is 0 Å². The van der Waals surface area contributed by atoms with Crippen molar-refractivity contribution in [3.63, 3.8) is 0 Å². The summed E-state index contributed by atoms with van der Waals surface area (Å²) in [5.74, 6) is 2.16. The van der Waals surface area contributed by atoms with Crippen molar-refractivity contribution in [3.8, 4) is 0 Å². The molecule has 116 valence electrons. The fraction of sp³-hybridized carbons (Fsp3) is 0.263. The zero-order valence-electron chi connectivity index (χ0n) is 13.3. The molecule has 0 saturated heterocycles. The van der Waals surface area contributed by atoms with Crippen molar-refractivity contribution < 1.29 is 0 Å². The summed E-state index contributed by atoms with van der Waals surface area (Å²) in [7, 11) is 0. The van der Waals surface area contributed by atoms with Crippen LogP contribution in [0.5, 0.6) is 0 Å². The van der Waals surface area contributed by atoms with Crippen LogP contribution in [0.25, 0.3) is 22.1 Å². The van der Waals surface area contributed by atoms with Crippen LogP contribution >= 0.6 is 0 Å². The van der Waals surface area contributed by atoms with Gasteiger partial charge >= 0.3 is 0 Å². The lowest BCUT2D eigenvalue weighted by Crippen LogP contribution is -1.92. The van der Waals surface area contributed by atoms with Crippen LogP contribution in [0.4, 0.5) is 0 Å². The average Bonchev–Trinajstić information content (AvgIpc) is 3.15. The van der Waals surface area contributed by atoms with Gasteiger partial charge in [-0.15, -0.1) is 0 Å². The van der Waals surface area contributed by atoms with E-state index in [1.165, 1.54) is 5.56 Å². The van der Waals surface area contributed by atoms with Gasteiger partial charge in [0.05, 0.1) is 22.1 Å². The molecule has 0 bridgehead atoms. The second-order valence-electron chi connectivity index (χ2n) is 6.06. The summed E-state index contributed by atoms with van der Waals surface area (Å²) < 4.78 is 0.